The number of carboxylic acid groups (broad SMARTS) is 1. The minimum Gasteiger partial charge on any atom is -0.478 e. The van der Waals surface area contributed by atoms with Crippen LogP contribution in [0.25, 0.3) is 5.57 Å². The van der Waals surface area contributed by atoms with Crippen molar-refractivity contribution in [3.63, 3.8) is 0 Å². The second-order valence-electron chi connectivity index (χ2n) is 5.51. The van der Waals surface area contributed by atoms with Gasteiger partial charge in [0, 0.05) is 12.0 Å². The number of piperidine rings is 1. The van der Waals surface area contributed by atoms with Crippen molar-refractivity contribution in [2.24, 2.45) is 0 Å². The van der Waals surface area contributed by atoms with Crippen LogP contribution in [-0.4, -0.2) is 44.0 Å². The molecule has 0 spiro atoms. The van der Waals surface area contributed by atoms with Crippen LogP contribution in [0.15, 0.2) is 28.5 Å². The maximum atomic E-state index is 12.3. The Morgan fingerprint density at radius 2 is 1.90 bits per heavy atom. The SMILES string of the molecule is O=C(O)c1cccc2c1S(=O)(=O)C=C2CN1CCCCC1. The average Bonchev–Trinajstić information content (AvgIpc) is 2.71. The Hall–Kier alpha value is -1.66. The standard InChI is InChI=1S/C15H17NO4S/c17-15(18)13-6-4-5-12-11(10-21(19,20)14(12)13)9-16-7-2-1-3-8-16/h4-6,10H,1-3,7-9H2,(H,17,18). The molecule has 0 aliphatic carbocycles. The third-order valence-electron chi connectivity index (χ3n) is 4.02. The van der Waals surface area contributed by atoms with E-state index in [4.69, 9.17) is 0 Å². The number of carbonyl (C=O) groups is 1. The first-order valence-electron chi connectivity index (χ1n) is 7.04. The average molecular weight is 307 g/mol. The predicted molar refractivity (Wildman–Crippen MR) is 78.9 cm³/mol. The van der Waals surface area contributed by atoms with Crippen molar-refractivity contribution in [3.05, 3.63) is 34.7 Å². The van der Waals surface area contributed by atoms with Gasteiger partial charge in [0.1, 0.15) is 0 Å². The summed E-state index contributed by atoms with van der Waals surface area (Å²) in [6.45, 7) is 2.49. The molecule has 0 atom stereocenters. The molecule has 112 valence electrons. The van der Waals surface area contributed by atoms with Gasteiger partial charge in [-0.3, -0.25) is 4.90 Å². The molecule has 1 aromatic carbocycles. The topological polar surface area (TPSA) is 74.7 Å². The minimum atomic E-state index is -3.65. The number of carboxylic acids is 1. The van der Waals surface area contributed by atoms with Crippen molar-refractivity contribution in [1.82, 2.24) is 4.90 Å². The zero-order chi connectivity index (χ0) is 15.0. The second-order valence-corrected chi connectivity index (χ2v) is 7.25. The first-order chi connectivity index (χ1) is 9.99. The quantitative estimate of drug-likeness (QED) is 0.924. The summed E-state index contributed by atoms with van der Waals surface area (Å²) in [5.74, 6) is -1.21. The number of fused-ring (bicyclic) bond motifs is 1. The number of hydrogen-bond acceptors (Lipinski definition) is 4. The second kappa shape index (κ2) is 5.27. The third kappa shape index (κ3) is 2.61. The predicted octanol–water partition coefficient (Wildman–Crippen LogP) is 2.00. The summed E-state index contributed by atoms with van der Waals surface area (Å²) in [4.78, 5) is 13.4. The van der Waals surface area contributed by atoms with E-state index in [9.17, 15) is 18.3 Å². The number of rotatable bonds is 3. The van der Waals surface area contributed by atoms with Gasteiger partial charge in [0.2, 0.25) is 9.84 Å². The summed E-state index contributed by atoms with van der Waals surface area (Å²) < 4.78 is 24.5. The van der Waals surface area contributed by atoms with Crippen LogP contribution in [0, 0.1) is 0 Å². The van der Waals surface area contributed by atoms with Crippen LogP contribution in [0.2, 0.25) is 0 Å². The molecule has 0 radical (unpaired) electrons. The zero-order valence-electron chi connectivity index (χ0n) is 11.6. The number of sulfone groups is 1. The van der Waals surface area contributed by atoms with Gasteiger partial charge in [-0.15, -0.1) is 0 Å². The van der Waals surface area contributed by atoms with Gasteiger partial charge in [0.05, 0.1) is 10.5 Å². The molecule has 0 unspecified atom stereocenters. The molecule has 1 saturated heterocycles. The highest BCUT2D eigenvalue weighted by atomic mass is 32.2. The fraction of sp³-hybridized carbons (Fsp3) is 0.400. The lowest BCUT2D eigenvalue weighted by atomic mass is 10.0. The Labute approximate surface area is 123 Å². The first-order valence-corrected chi connectivity index (χ1v) is 8.58. The van der Waals surface area contributed by atoms with Crippen LogP contribution in [0.4, 0.5) is 0 Å². The Kier molecular flexibility index (Phi) is 3.59. The van der Waals surface area contributed by atoms with E-state index in [1.165, 1.54) is 17.9 Å². The highest BCUT2D eigenvalue weighted by molar-refractivity contribution is 7.95. The summed E-state index contributed by atoms with van der Waals surface area (Å²) in [6.07, 6.45) is 3.47. The van der Waals surface area contributed by atoms with Gasteiger partial charge < -0.3 is 5.11 Å². The summed E-state index contributed by atoms with van der Waals surface area (Å²) >= 11 is 0. The fourth-order valence-electron chi connectivity index (χ4n) is 3.06. The van der Waals surface area contributed by atoms with E-state index in [-0.39, 0.29) is 10.5 Å². The van der Waals surface area contributed by atoms with E-state index in [0.29, 0.717) is 17.7 Å². The zero-order valence-corrected chi connectivity index (χ0v) is 12.4. The van der Waals surface area contributed by atoms with Gasteiger partial charge >= 0.3 is 5.97 Å². The van der Waals surface area contributed by atoms with Gasteiger partial charge in [-0.2, -0.15) is 0 Å². The molecule has 3 rings (SSSR count). The summed E-state index contributed by atoms with van der Waals surface area (Å²) in [7, 11) is -3.65. The van der Waals surface area contributed by atoms with Crippen molar-refractivity contribution >= 4 is 21.4 Å². The number of hydrogen-bond donors (Lipinski definition) is 1. The molecule has 6 heteroatoms. The van der Waals surface area contributed by atoms with E-state index >= 15 is 0 Å². The molecule has 0 bridgehead atoms. The number of aromatic carboxylic acids is 1. The lowest BCUT2D eigenvalue weighted by molar-refractivity contribution is 0.0692. The highest BCUT2D eigenvalue weighted by Gasteiger charge is 2.32. The molecule has 1 N–H and O–H groups in total. The normalized spacial score (nSPS) is 20.9. The van der Waals surface area contributed by atoms with Gasteiger partial charge in [0.25, 0.3) is 0 Å². The fourth-order valence-corrected chi connectivity index (χ4v) is 4.72. The molecule has 2 aliphatic rings. The number of likely N-dealkylation sites (tertiary alicyclic amines) is 1. The Bertz CT molecular complexity index is 715. The lowest BCUT2D eigenvalue weighted by Crippen LogP contribution is -2.31. The van der Waals surface area contributed by atoms with Crippen LogP contribution >= 0.6 is 0 Å². The molecule has 5 nitrogen and oxygen atoms in total. The molecule has 2 heterocycles. The summed E-state index contributed by atoms with van der Waals surface area (Å²) in [6, 6.07) is 4.64. The van der Waals surface area contributed by atoms with E-state index in [1.807, 2.05) is 0 Å². The van der Waals surface area contributed by atoms with Gasteiger partial charge in [-0.05, 0) is 43.1 Å². The maximum absolute atomic E-state index is 12.3. The lowest BCUT2D eigenvalue weighted by Gasteiger charge is -2.26. The van der Waals surface area contributed by atoms with Crippen molar-refractivity contribution in [1.29, 1.82) is 0 Å². The maximum Gasteiger partial charge on any atom is 0.337 e. The van der Waals surface area contributed by atoms with Crippen molar-refractivity contribution in [2.75, 3.05) is 19.6 Å². The molecule has 21 heavy (non-hydrogen) atoms. The minimum absolute atomic E-state index is 0.0514. The molecule has 2 aliphatic heterocycles. The van der Waals surface area contributed by atoms with Crippen LogP contribution < -0.4 is 0 Å². The van der Waals surface area contributed by atoms with E-state index < -0.39 is 15.8 Å². The monoisotopic (exact) mass is 307 g/mol. The third-order valence-corrected chi connectivity index (χ3v) is 5.62. The molecule has 0 amide bonds. The molecule has 1 aromatic rings. The van der Waals surface area contributed by atoms with Gasteiger partial charge in [-0.1, -0.05) is 18.6 Å². The van der Waals surface area contributed by atoms with Crippen LogP contribution in [0.3, 0.4) is 0 Å². The van der Waals surface area contributed by atoms with Crippen LogP contribution in [0.1, 0.15) is 35.2 Å². The Balaban J connectivity index is 1.99. The van der Waals surface area contributed by atoms with Crippen molar-refractivity contribution in [3.8, 4) is 0 Å². The molecular formula is C15H17NO4S. The van der Waals surface area contributed by atoms with Crippen LogP contribution in [-0.2, 0) is 9.84 Å². The summed E-state index contributed by atoms with van der Waals surface area (Å²) in [5, 5.41) is 10.4. The van der Waals surface area contributed by atoms with Gasteiger partial charge in [0.15, 0.2) is 0 Å². The first kappa shape index (κ1) is 14.3. The smallest absolute Gasteiger partial charge is 0.337 e. The van der Waals surface area contributed by atoms with E-state index in [1.54, 1.807) is 12.1 Å². The van der Waals surface area contributed by atoms with Crippen LogP contribution in [0.5, 0.6) is 0 Å². The molecular weight excluding hydrogens is 290 g/mol. The molecule has 0 saturated carbocycles. The number of nitrogens with zero attached hydrogens (tertiary/aromatic N) is 1. The van der Waals surface area contributed by atoms with Crippen molar-refractivity contribution < 1.29 is 18.3 Å². The summed E-state index contributed by atoms with van der Waals surface area (Å²) in [5.41, 5.74) is 1.10. The Morgan fingerprint density at radius 1 is 1.19 bits per heavy atom. The molecule has 1 fully saturated rings. The Morgan fingerprint density at radius 3 is 2.57 bits per heavy atom. The van der Waals surface area contributed by atoms with Crippen molar-refractivity contribution in [2.45, 2.75) is 24.2 Å². The van der Waals surface area contributed by atoms with E-state index in [2.05, 4.69) is 4.90 Å². The van der Waals surface area contributed by atoms with Gasteiger partial charge in [-0.25, -0.2) is 13.2 Å². The largest absolute Gasteiger partial charge is 0.478 e. The highest BCUT2D eigenvalue weighted by Crippen LogP contribution is 2.36. The molecule has 0 aromatic heterocycles. The van der Waals surface area contributed by atoms with E-state index in [0.717, 1.165) is 25.9 Å². The number of benzene rings is 1.